The maximum Gasteiger partial charge on any atom is 0.169 e. The Labute approximate surface area is 106 Å². The minimum Gasteiger partial charge on any atom is -0.508 e. The summed E-state index contributed by atoms with van der Waals surface area (Å²) in [5.41, 5.74) is 16.2. The molecular weight excluding hydrogens is 238 g/mol. The lowest BCUT2D eigenvalue weighted by Gasteiger charge is -2.20. The maximum absolute atomic E-state index is 8.82. The van der Waals surface area contributed by atoms with Gasteiger partial charge in [-0.25, -0.2) is 0 Å². The van der Waals surface area contributed by atoms with Crippen molar-refractivity contribution in [2.45, 2.75) is 31.9 Å². The third-order valence-corrected chi connectivity index (χ3v) is 3.23. The molecular formula is C12H16ClN3O. The number of nitrogens with zero attached hydrogens (tertiary/aromatic N) is 1. The number of nitrogens with two attached hydrogens (primary N) is 1. The van der Waals surface area contributed by atoms with E-state index in [1.165, 1.54) is 0 Å². The third-order valence-electron chi connectivity index (χ3n) is 3.02. The Morgan fingerprint density at radius 1 is 1.65 bits per heavy atom. The van der Waals surface area contributed by atoms with Crippen molar-refractivity contribution in [2.24, 2.45) is 5.73 Å². The molecule has 92 valence electrons. The summed E-state index contributed by atoms with van der Waals surface area (Å²) in [6.45, 7) is 4.20. The van der Waals surface area contributed by atoms with Gasteiger partial charge in [0.05, 0.1) is 0 Å². The second-order valence-electron chi connectivity index (χ2n) is 4.84. The van der Waals surface area contributed by atoms with Crippen LogP contribution in [0.2, 0.25) is 5.02 Å². The molecule has 1 heterocycles. The molecule has 0 amide bonds. The molecule has 0 fully saturated rings. The molecule has 1 aliphatic heterocycles. The monoisotopic (exact) mass is 253 g/mol. The highest BCUT2D eigenvalue weighted by molar-refractivity contribution is 6.30. The van der Waals surface area contributed by atoms with E-state index in [4.69, 9.17) is 27.6 Å². The lowest BCUT2D eigenvalue weighted by molar-refractivity contribution is -0.498. The summed E-state index contributed by atoms with van der Waals surface area (Å²) in [5, 5.41) is 2.83. The minimum absolute atomic E-state index is 0.133. The first kappa shape index (κ1) is 12.3. The Kier molecular flexibility index (Phi) is 3.10. The van der Waals surface area contributed by atoms with Gasteiger partial charge in [0.1, 0.15) is 5.75 Å². The molecule has 0 saturated carbocycles. The van der Waals surface area contributed by atoms with Crippen molar-refractivity contribution in [3.8, 4) is 5.75 Å². The smallest absolute Gasteiger partial charge is 0.169 e. The zero-order valence-electron chi connectivity index (χ0n) is 9.96. The molecule has 0 bridgehead atoms. The number of nitrogens with one attached hydrogen (secondary N) is 1. The minimum atomic E-state index is -0.453. The van der Waals surface area contributed by atoms with Crippen LogP contribution in [0.5, 0.6) is 5.75 Å². The van der Waals surface area contributed by atoms with Crippen LogP contribution in [0.4, 0.5) is 0 Å². The van der Waals surface area contributed by atoms with Gasteiger partial charge in [-0.3, -0.25) is 0 Å². The van der Waals surface area contributed by atoms with Crippen molar-refractivity contribution in [1.29, 1.82) is 0 Å². The van der Waals surface area contributed by atoms with Gasteiger partial charge in [-0.15, -0.1) is 0 Å². The molecule has 0 radical (unpaired) electrons. The van der Waals surface area contributed by atoms with Crippen LogP contribution in [0.25, 0.3) is 5.53 Å². The molecule has 0 saturated heterocycles. The summed E-state index contributed by atoms with van der Waals surface area (Å²) in [5.74, 6) is 0.808. The molecule has 3 N–H and O–H groups in total. The van der Waals surface area contributed by atoms with Crippen molar-refractivity contribution in [2.75, 3.05) is 6.54 Å². The Morgan fingerprint density at radius 2 is 2.35 bits per heavy atom. The molecule has 2 atom stereocenters. The van der Waals surface area contributed by atoms with Gasteiger partial charge in [-0.1, -0.05) is 11.6 Å². The predicted octanol–water partition coefficient (Wildman–Crippen LogP) is 1.16. The lowest BCUT2D eigenvalue weighted by Crippen LogP contribution is -2.71. The number of hydrogen-bond donors (Lipinski definition) is 2. The van der Waals surface area contributed by atoms with Crippen molar-refractivity contribution in [1.82, 2.24) is 0 Å². The molecule has 5 heteroatoms. The van der Waals surface area contributed by atoms with E-state index < -0.39 is 5.60 Å². The first-order valence-corrected chi connectivity index (χ1v) is 5.97. The molecule has 4 nitrogen and oxygen atoms in total. The van der Waals surface area contributed by atoms with Crippen LogP contribution >= 0.6 is 11.6 Å². The van der Waals surface area contributed by atoms with E-state index in [2.05, 4.69) is 5.11 Å². The second-order valence-corrected chi connectivity index (χ2v) is 5.27. The Morgan fingerprint density at radius 3 is 2.94 bits per heavy atom. The summed E-state index contributed by atoms with van der Waals surface area (Å²) in [6.07, 6.45) is 0.705. The molecule has 1 unspecified atom stereocenters. The third kappa shape index (κ3) is 2.28. The van der Waals surface area contributed by atoms with Crippen LogP contribution in [0.3, 0.4) is 0 Å². The quantitative estimate of drug-likeness (QED) is 0.794. The standard InChI is InChI=1S/C12H16ClN3O/c1-7(14)10-4-9(13)3-8-5-12(2,6-16-15)17-11(8)10/h3-4,7,16H,5-6,14H2,1-2H3/t7-,12?/m1/s1. The molecule has 0 aliphatic carbocycles. The van der Waals surface area contributed by atoms with Gasteiger partial charge < -0.3 is 21.1 Å². The van der Waals surface area contributed by atoms with Gasteiger partial charge in [0, 0.05) is 28.6 Å². The van der Waals surface area contributed by atoms with Gasteiger partial charge in [-0.05, 0) is 26.0 Å². The summed E-state index contributed by atoms with van der Waals surface area (Å²) in [4.78, 5) is 0. The number of hydrogen-bond acceptors (Lipinski definition) is 2. The lowest BCUT2D eigenvalue weighted by atomic mass is 9.97. The number of rotatable bonds is 3. The number of halogens is 1. The van der Waals surface area contributed by atoms with Gasteiger partial charge in [0.15, 0.2) is 12.1 Å². The Bertz CT molecular complexity index is 461. The largest absolute Gasteiger partial charge is 0.508 e. The predicted molar refractivity (Wildman–Crippen MR) is 66.0 cm³/mol. The van der Waals surface area contributed by atoms with E-state index in [1.807, 2.05) is 26.0 Å². The fourth-order valence-corrected chi connectivity index (χ4v) is 2.47. The van der Waals surface area contributed by atoms with E-state index in [0.717, 1.165) is 16.9 Å². The second kappa shape index (κ2) is 4.27. The summed E-state index contributed by atoms with van der Waals surface area (Å²) >= 11 is 6.07. The molecule has 17 heavy (non-hydrogen) atoms. The van der Waals surface area contributed by atoms with E-state index in [9.17, 15) is 0 Å². The highest BCUT2D eigenvalue weighted by atomic mass is 35.5. The highest BCUT2D eigenvalue weighted by Gasteiger charge is 2.38. The fraction of sp³-hybridized carbons (Fsp3) is 0.500. The zero-order chi connectivity index (χ0) is 12.6. The summed E-state index contributed by atoms with van der Waals surface area (Å²) in [7, 11) is 0. The summed E-state index contributed by atoms with van der Waals surface area (Å²) in [6, 6.07) is 3.60. The first-order chi connectivity index (χ1) is 7.95. The van der Waals surface area contributed by atoms with Crippen LogP contribution in [-0.2, 0) is 6.42 Å². The molecule has 0 aromatic heterocycles. The maximum atomic E-state index is 8.82. The van der Waals surface area contributed by atoms with Crippen molar-refractivity contribution >= 4 is 11.6 Å². The zero-order valence-corrected chi connectivity index (χ0v) is 10.7. The van der Waals surface area contributed by atoms with E-state index in [-0.39, 0.29) is 6.04 Å². The highest BCUT2D eigenvalue weighted by Crippen LogP contribution is 2.41. The average molecular weight is 254 g/mol. The van der Waals surface area contributed by atoms with Gasteiger partial charge >= 0.3 is 0 Å². The van der Waals surface area contributed by atoms with Crippen LogP contribution in [0.15, 0.2) is 12.1 Å². The van der Waals surface area contributed by atoms with Crippen molar-refractivity contribution < 1.29 is 9.85 Å². The molecule has 1 aromatic rings. The first-order valence-electron chi connectivity index (χ1n) is 5.59. The molecule has 0 spiro atoms. The number of fused-ring (bicyclic) bond motifs is 1. The molecule has 2 rings (SSSR count). The van der Waals surface area contributed by atoms with E-state index >= 15 is 0 Å². The summed E-state index contributed by atoms with van der Waals surface area (Å²) < 4.78 is 5.92. The van der Waals surface area contributed by atoms with Crippen LogP contribution in [0.1, 0.15) is 31.0 Å². The van der Waals surface area contributed by atoms with E-state index in [0.29, 0.717) is 18.0 Å². The van der Waals surface area contributed by atoms with E-state index in [1.54, 1.807) is 0 Å². The van der Waals surface area contributed by atoms with Gasteiger partial charge in [0.25, 0.3) is 0 Å². The molecule has 1 aliphatic rings. The normalized spacial score (nSPS) is 24.0. The average Bonchev–Trinajstić information content (AvgIpc) is 2.53. The molecule has 1 aromatic carbocycles. The van der Waals surface area contributed by atoms with Gasteiger partial charge in [0.2, 0.25) is 0 Å². The topological polar surface area (TPSA) is 71.5 Å². The SMILES string of the molecule is C[C@@H](N)c1cc(Cl)cc2c1OC(C)(C[NH+]=[N-])C2. The van der Waals surface area contributed by atoms with Crippen LogP contribution < -0.4 is 15.6 Å². The van der Waals surface area contributed by atoms with Crippen LogP contribution in [-0.4, -0.2) is 12.1 Å². The van der Waals surface area contributed by atoms with Crippen LogP contribution in [0, 0.1) is 0 Å². The fourth-order valence-electron chi connectivity index (χ4n) is 2.22. The Hall–Kier alpha value is -1.13. The van der Waals surface area contributed by atoms with Crippen molar-refractivity contribution in [3.63, 3.8) is 0 Å². The van der Waals surface area contributed by atoms with Crippen molar-refractivity contribution in [3.05, 3.63) is 33.8 Å². The Balaban J connectivity index is 2.43. The number of ether oxygens (including phenoxy) is 1. The number of benzene rings is 1. The van der Waals surface area contributed by atoms with Gasteiger partial charge in [-0.2, -0.15) is 0 Å².